The molecule has 2 aromatic rings. The van der Waals surface area contributed by atoms with Crippen LogP contribution in [-0.2, 0) is 29.5 Å². The lowest BCUT2D eigenvalue weighted by molar-refractivity contribution is 0.0265. The molecule has 0 fully saturated rings. The second-order valence-electron chi connectivity index (χ2n) is 6.90. The minimum absolute atomic E-state index is 0.0286. The Morgan fingerprint density at radius 3 is 1.34 bits per heavy atom. The van der Waals surface area contributed by atoms with Crippen molar-refractivity contribution in [2.24, 2.45) is 0 Å². The van der Waals surface area contributed by atoms with E-state index in [9.17, 15) is 26.4 Å². The van der Waals surface area contributed by atoms with Gasteiger partial charge in [-0.25, -0.2) is 35.0 Å². The maximum atomic E-state index is 12.2. The first-order valence-electron chi connectivity index (χ1n) is 9.27. The molecule has 0 N–H and O–H groups in total. The molecule has 174 valence electrons. The number of hydrogen-bond donors (Lipinski definition) is 0. The molecule has 0 amide bonds. The highest BCUT2D eigenvalue weighted by Crippen LogP contribution is 2.17. The molecule has 0 aliphatic rings. The SMILES string of the molecule is CN(C)S(=O)(=O)c1cccc(C(=O)OCCOC(=O)c2cccc(S(=O)(=O)N(C)C)c2)c1. The number of carbonyl (C=O) groups is 2. The van der Waals surface area contributed by atoms with Gasteiger partial charge < -0.3 is 9.47 Å². The van der Waals surface area contributed by atoms with E-state index in [-0.39, 0.29) is 34.1 Å². The van der Waals surface area contributed by atoms with Crippen LogP contribution in [0.5, 0.6) is 0 Å². The number of carbonyl (C=O) groups excluding carboxylic acids is 2. The standard InChI is InChI=1S/C20H24N2O8S2/c1-21(2)31(25,26)17-9-5-7-15(13-17)19(23)29-11-12-30-20(24)16-8-6-10-18(14-16)32(27,28)22(3)4/h5-10,13-14H,11-12H2,1-4H3. The lowest BCUT2D eigenvalue weighted by Gasteiger charge is -2.12. The minimum Gasteiger partial charge on any atom is -0.458 e. The van der Waals surface area contributed by atoms with Crippen molar-refractivity contribution in [3.05, 3.63) is 59.7 Å². The fraction of sp³-hybridized carbons (Fsp3) is 0.300. The van der Waals surface area contributed by atoms with Gasteiger partial charge in [0.15, 0.2) is 0 Å². The third-order valence-electron chi connectivity index (χ3n) is 4.25. The minimum atomic E-state index is -3.71. The van der Waals surface area contributed by atoms with Crippen LogP contribution in [0, 0.1) is 0 Å². The summed E-state index contributed by atoms with van der Waals surface area (Å²) in [5.74, 6) is -1.56. The molecule has 0 unspecified atom stereocenters. The Hall–Kier alpha value is -2.80. The van der Waals surface area contributed by atoms with Crippen LogP contribution in [0.4, 0.5) is 0 Å². The van der Waals surface area contributed by atoms with E-state index in [0.29, 0.717) is 0 Å². The molecular formula is C20H24N2O8S2. The molecule has 0 spiro atoms. The van der Waals surface area contributed by atoms with Gasteiger partial charge in [0.1, 0.15) is 13.2 Å². The van der Waals surface area contributed by atoms with Gasteiger partial charge in [-0.05, 0) is 36.4 Å². The zero-order valence-corrected chi connectivity index (χ0v) is 19.6. The van der Waals surface area contributed by atoms with Crippen molar-refractivity contribution < 1.29 is 35.9 Å². The van der Waals surface area contributed by atoms with Gasteiger partial charge in [-0.2, -0.15) is 0 Å². The third kappa shape index (κ3) is 5.91. The predicted octanol–water partition coefficient (Wildman–Crippen LogP) is 1.20. The summed E-state index contributed by atoms with van der Waals surface area (Å²) in [6.45, 7) is -0.546. The van der Waals surface area contributed by atoms with Crippen LogP contribution in [0.3, 0.4) is 0 Å². The third-order valence-corrected chi connectivity index (χ3v) is 7.87. The summed E-state index contributed by atoms with van der Waals surface area (Å²) in [7, 11) is -1.92. The van der Waals surface area contributed by atoms with Crippen molar-refractivity contribution in [3.8, 4) is 0 Å². The van der Waals surface area contributed by atoms with Gasteiger partial charge in [-0.1, -0.05) is 12.1 Å². The summed E-state index contributed by atoms with van der Waals surface area (Å²) >= 11 is 0. The fourth-order valence-electron chi connectivity index (χ4n) is 2.42. The number of sulfonamides is 2. The van der Waals surface area contributed by atoms with Crippen LogP contribution in [-0.4, -0.2) is 78.8 Å². The molecule has 10 nitrogen and oxygen atoms in total. The van der Waals surface area contributed by atoms with E-state index in [0.717, 1.165) is 8.61 Å². The van der Waals surface area contributed by atoms with E-state index in [4.69, 9.17) is 9.47 Å². The van der Waals surface area contributed by atoms with E-state index in [2.05, 4.69) is 0 Å². The van der Waals surface area contributed by atoms with Crippen LogP contribution in [0.15, 0.2) is 58.3 Å². The fourth-order valence-corrected chi connectivity index (χ4v) is 4.32. The van der Waals surface area contributed by atoms with Gasteiger partial charge in [0, 0.05) is 28.2 Å². The first kappa shape index (κ1) is 25.5. The molecule has 0 aliphatic carbocycles. The molecule has 0 radical (unpaired) electrons. The average Bonchev–Trinajstić information content (AvgIpc) is 2.76. The zero-order chi connectivity index (χ0) is 24.1. The number of ether oxygens (including phenoxy) is 2. The normalized spacial score (nSPS) is 12.1. The van der Waals surface area contributed by atoms with Crippen LogP contribution in [0.2, 0.25) is 0 Å². The molecule has 0 atom stereocenters. The number of esters is 2. The van der Waals surface area contributed by atoms with E-state index in [1.807, 2.05) is 0 Å². The van der Waals surface area contributed by atoms with Crippen LogP contribution < -0.4 is 0 Å². The molecule has 12 heteroatoms. The summed E-state index contributed by atoms with van der Waals surface area (Å²) in [4.78, 5) is 24.3. The first-order valence-corrected chi connectivity index (χ1v) is 12.1. The zero-order valence-electron chi connectivity index (χ0n) is 18.0. The monoisotopic (exact) mass is 484 g/mol. The Labute approximate surface area is 187 Å². The Bertz CT molecular complexity index is 1110. The van der Waals surface area contributed by atoms with E-state index >= 15 is 0 Å². The summed E-state index contributed by atoms with van der Waals surface area (Å²) in [5, 5.41) is 0. The molecule has 32 heavy (non-hydrogen) atoms. The Balaban J connectivity index is 1.96. The molecule has 0 saturated carbocycles. The van der Waals surface area contributed by atoms with Gasteiger partial charge >= 0.3 is 11.9 Å². The lowest BCUT2D eigenvalue weighted by atomic mass is 10.2. The molecule has 0 heterocycles. The Morgan fingerprint density at radius 1 is 0.688 bits per heavy atom. The number of rotatable bonds is 9. The lowest BCUT2D eigenvalue weighted by Crippen LogP contribution is -2.22. The molecule has 2 aromatic carbocycles. The topological polar surface area (TPSA) is 127 Å². The van der Waals surface area contributed by atoms with E-state index < -0.39 is 32.0 Å². The van der Waals surface area contributed by atoms with Crippen LogP contribution in [0.1, 0.15) is 20.7 Å². The summed E-state index contributed by atoms with van der Waals surface area (Å²) < 4.78 is 60.8. The predicted molar refractivity (Wildman–Crippen MR) is 115 cm³/mol. The molecular weight excluding hydrogens is 460 g/mol. The summed E-state index contributed by atoms with van der Waals surface area (Å²) in [5.41, 5.74) is 0.0571. The van der Waals surface area contributed by atoms with Gasteiger partial charge in [0.05, 0.1) is 20.9 Å². The molecule has 0 bridgehead atoms. The second-order valence-corrected chi connectivity index (χ2v) is 11.2. The van der Waals surface area contributed by atoms with Crippen molar-refractivity contribution >= 4 is 32.0 Å². The van der Waals surface area contributed by atoms with Crippen LogP contribution in [0.25, 0.3) is 0 Å². The van der Waals surface area contributed by atoms with Gasteiger partial charge in [0.25, 0.3) is 0 Å². The van der Waals surface area contributed by atoms with E-state index in [1.54, 1.807) is 0 Å². The molecule has 0 saturated heterocycles. The maximum Gasteiger partial charge on any atom is 0.338 e. The second kappa shape index (κ2) is 10.2. The van der Waals surface area contributed by atoms with Gasteiger partial charge in [-0.3, -0.25) is 0 Å². The van der Waals surface area contributed by atoms with Crippen molar-refractivity contribution in [3.63, 3.8) is 0 Å². The van der Waals surface area contributed by atoms with Crippen molar-refractivity contribution in [2.75, 3.05) is 41.4 Å². The summed E-state index contributed by atoms with van der Waals surface area (Å²) in [6.07, 6.45) is 0. The summed E-state index contributed by atoms with van der Waals surface area (Å²) in [6, 6.07) is 10.8. The highest BCUT2D eigenvalue weighted by Gasteiger charge is 2.20. The van der Waals surface area contributed by atoms with Crippen molar-refractivity contribution in [1.29, 1.82) is 0 Å². The average molecular weight is 485 g/mol. The smallest absolute Gasteiger partial charge is 0.338 e. The first-order chi connectivity index (χ1) is 14.9. The molecule has 2 rings (SSSR count). The Morgan fingerprint density at radius 2 is 1.03 bits per heavy atom. The van der Waals surface area contributed by atoms with Gasteiger partial charge in [-0.15, -0.1) is 0 Å². The van der Waals surface area contributed by atoms with Crippen LogP contribution >= 0.6 is 0 Å². The number of nitrogens with zero attached hydrogens (tertiary/aromatic N) is 2. The number of hydrogen-bond acceptors (Lipinski definition) is 8. The molecule has 0 aromatic heterocycles. The Kier molecular flexibility index (Phi) is 8.13. The molecule has 0 aliphatic heterocycles. The quantitative estimate of drug-likeness (QED) is 0.384. The van der Waals surface area contributed by atoms with Crippen molar-refractivity contribution in [1.82, 2.24) is 8.61 Å². The van der Waals surface area contributed by atoms with E-state index in [1.165, 1.54) is 76.7 Å². The highest BCUT2D eigenvalue weighted by molar-refractivity contribution is 7.89. The number of benzene rings is 2. The maximum absolute atomic E-state index is 12.2. The van der Waals surface area contributed by atoms with Crippen molar-refractivity contribution in [2.45, 2.75) is 9.79 Å². The van der Waals surface area contributed by atoms with Gasteiger partial charge in [0.2, 0.25) is 20.0 Å². The highest BCUT2D eigenvalue weighted by atomic mass is 32.2. The largest absolute Gasteiger partial charge is 0.458 e.